The lowest BCUT2D eigenvalue weighted by Crippen LogP contribution is -2.37. The number of rotatable bonds is 5. The molecule has 0 aliphatic heterocycles. The fraction of sp³-hybridized carbons (Fsp3) is 0.615. The van der Waals surface area contributed by atoms with Crippen LogP contribution in [-0.4, -0.2) is 50.8 Å². The van der Waals surface area contributed by atoms with E-state index >= 15 is 0 Å². The first kappa shape index (κ1) is 15.3. The molecule has 0 amide bonds. The number of fused-ring (bicyclic) bond motifs is 1. The molecule has 0 saturated heterocycles. The SMILES string of the molecule is CN(C)CCCNc1nc2c(c(=O)n(C)c(=O)n2C)n1C. The maximum absolute atomic E-state index is 12.2. The Balaban J connectivity index is 2.38. The maximum atomic E-state index is 12.2. The van der Waals surface area contributed by atoms with Crippen molar-refractivity contribution in [3.63, 3.8) is 0 Å². The van der Waals surface area contributed by atoms with Gasteiger partial charge in [-0.15, -0.1) is 0 Å². The Morgan fingerprint density at radius 3 is 2.38 bits per heavy atom. The summed E-state index contributed by atoms with van der Waals surface area (Å²) in [5.41, 5.74) is 0.129. The van der Waals surface area contributed by atoms with Crippen LogP contribution in [0.4, 0.5) is 5.95 Å². The fourth-order valence-corrected chi connectivity index (χ4v) is 2.27. The third-order valence-electron chi connectivity index (χ3n) is 3.54. The van der Waals surface area contributed by atoms with Crippen LogP contribution in [0.25, 0.3) is 11.2 Å². The molecule has 8 heteroatoms. The van der Waals surface area contributed by atoms with Crippen LogP contribution in [0.2, 0.25) is 0 Å². The molecule has 116 valence electrons. The highest BCUT2D eigenvalue weighted by atomic mass is 16.2. The zero-order chi connectivity index (χ0) is 15.7. The molecule has 0 atom stereocenters. The van der Waals surface area contributed by atoms with Gasteiger partial charge in [0.05, 0.1) is 0 Å². The smallest absolute Gasteiger partial charge is 0.332 e. The van der Waals surface area contributed by atoms with Gasteiger partial charge < -0.3 is 14.8 Å². The van der Waals surface area contributed by atoms with Crippen LogP contribution in [0.15, 0.2) is 9.59 Å². The van der Waals surface area contributed by atoms with Crippen molar-refractivity contribution >= 4 is 17.1 Å². The van der Waals surface area contributed by atoms with Gasteiger partial charge in [0, 0.05) is 27.7 Å². The van der Waals surface area contributed by atoms with Crippen molar-refractivity contribution in [1.82, 2.24) is 23.6 Å². The van der Waals surface area contributed by atoms with Gasteiger partial charge >= 0.3 is 5.69 Å². The van der Waals surface area contributed by atoms with E-state index in [0.717, 1.165) is 24.1 Å². The lowest BCUT2D eigenvalue weighted by atomic mass is 10.4. The Bertz CT molecular complexity index is 768. The van der Waals surface area contributed by atoms with E-state index in [0.29, 0.717) is 17.1 Å². The Labute approximate surface area is 122 Å². The molecule has 0 radical (unpaired) electrons. The average Bonchev–Trinajstić information content (AvgIpc) is 2.76. The average molecular weight is 294 g/mol. The minimum absolute atomic E-state index is 0.329. The van der Waals surface area contributed by atoms with E-state index in [9.17, 15) is 9.59 Å². The Kier molecular flexibility index (Phi) is 4.17. The fourth-order valence-electron chi connectivity index (χ4n) is 2.27. The quantitative estimate of drug-likeness (QED) is 0.740. The molecule has 2 rings (SSSR count). The molecule has 8 nitrogen and oxygen atoms in total. The molecule has 0 spiro atoms. The largest absolute Gasteiger partial charge is 0.356 e. The summed E-state index contributed by atoms with van der Waals surface area (Å²) in [5, 5.41) is 3.21. The molecular weight excluding hydrogens is 272 g/mol. The van der Waals surface area contributed by atoms with Gasteiger partial charge in [0.25, 0.3) is 5.56 Å². The van der Waals surface area contributed by atoms with E-state index in [2.05, 4.69) is 15.2 Å². The molecule has 0 unspecified atom stereocenters. The number of imidazole rings is 1. The topological polar surface area (TPSA) is 77.1 Å². The van der Waals surface area contributed by atoms with Gasteiger partial charge in [-0.3, -0.25) is 13.9 Å². The second-order valence-electron chi connectivity index (χ2n) is 5.46. The number of aryl methyl sites for hydroxylation is 2. The van der Waals surface area contributed by atoms with E-state index in [1.165, 1.54) is 11.6 Å². The second kappa shape index (κ2) is 5.72. The summed E-state index contributed by atoms with van der Waals surface area (Å²) in [4.78, 5) is 30.6. The van der Waals surface area contributed by atoms with Crippen LogP contribution in [0, 0.1) is 0 Å². The maximum Gasteiger partial charge on any atom is 0.332 e. The number of nitrogens with zero attached hydrogens (tertiary/aromatic N) is 5. The molecule has 2 aromatic rings. The lowest BCUT2D eigenvalue weighted by Gasteiger charge is -2.10. The third kappa shape index (κ3) is 2.71. The van der Waals surface area contributed by atoms with E-state index in [1.807, 2.05) is 14.1 Å². The first-order chi connectivity index (χ1) is 9.84. The Morgan fingerprint density at radius 1 is 1.10 bits per heavy atom. The van der Waals surface area contributed by atoms with Crippen molar-refractivity contribution in [1.29, 1.82) is 0 Å². The number of hydrogen-bond acceptors (Lipinski definition) is 5. The summed E-state index contributed by atoms with van der Waals surface area (Å²) < 4.78 is 4.19. The normalized spacial score (nSPS) is 11.5. The van der Waals surface area contributed by atoms with Gasteiger partial charge in [0.2, 0.25) is 5.95 Å². The van der Waals surface area contributed by atoms with Crippen LogP contribution < -0.4 is 16.6 Å². The minimum atomic E-state index is -0.371. The molecule has 0 bridgehead atoms. The van der Waals surface area contributed by atoms with Gasteiger partial charge in [-0.25, -0.2) is 4.79 Å². The highest BCUT2D eigenvalue weighted by Crippen LogP contribution is 2.12. The highest BCUT2D eigenvalue weighted by Gasteiger charge is 2.16. The predicted molar refractivity (Wildman–Crippen MR) is 82.9 cm³/mol. The lowest BCUT2D eigenvalue weighted by molar-refractivity contribution is 0.405. The first-order valence-electron chi connectivity index (χ1n) is 6.85. The molecule has 2 aromatic heterocycles. The van der Waals surface area contributed by atoms with Crippen molar-refractivity contribution in [2.24, 2.45) is 21.1 Å². The van der Waals surface area contributed by atoms with E-state index in [1.54, 1.807) is 18.7 Å². The monoisotopic (exact) mass is 294 g/mol. The number of hydrogen-bond donors (Lipinski definition) is 1. The highest BCUT2D eigenvalue weighted by molar-refractivity contribution is 5.74. The van der Waals surface area contributed by atoms with Crippen molar-refractivity contribution < 1.29 is 0 Å². The molecule has 0 fully saturated rings. The van der Waals surface area contributed by atoms with E-state index in [4.69, 9.17) is 0 Å². The Hall–Kier alpha value is -2.09. The van der Waals surface area contributed by atoms with Crippen molar-refractivity contribution in [3.05, 3.63) is 20.8 Å². The molecule has 1 N–H and O–H groups in total. The van der Waals surface area contributed by atoms with Crippen LogP contribution >= 0.6 is 0 Å². The summed E-state index contributed by atoms with van der Waals surface area (Å²) in [5.74, 6) is 0.599. The van der Waals surface area contributed by atoms with Gasteiger partial charge in [0.1, 0.15) is 0 Å². The standard InChI is InChI=1S/C13H22N6O2/c1-16(2)8-6-7-14-12-15-10-9(17(12)3)11(20)19(5)13(21)18(10)4/h6-8H2,1-5H3,(H,14,15). The van der Waals surface area contributed by atoms with E-state index < -0.39 is 0 Å². The van der Waals surface area contributed by atoms with Crippen LogP contribution in [-0.2, 0) is 21.1 Å². The summed E-state index contributed by atoms with van der Waals surface area (Å²) in [6.45, 7) is 1.72. The second-order valence-corrected chi connectivity index (χ2v) is 5.46. The van der Waals surface area contributed by atoms with Gasteiger partial charge in [0.15, 0.2) is 11.2 Å². The molecule has 2 heterocycles. The number of anilines is 1. The van der Waals surface area contributed by atoms with Crippen LogP contribution in [0.5, 0.6) is 0 Å². The molecule has 21 heavy (non-hydrogen) atoms. The molecule has 0 aromatic carbocycles. The summed E-state index contributed by atoms with van der Waals surface area (Å²) in [7, 11) is 8.91. The summed E-state index contributed by atoms with van der Waals surface area (Å²) >= 11 is 0. The third-order valence-corrected chi connectivity index (χ3v) is 3.54. The van der Waals surface area contributed by atoms with Crippen LogP contribution in [0.3, 0.4) is 0 Å². The van der Waals surface area contributed by atoms with Gasteiger partial charge in [-0.05, 0) is 27.1 Å². The van der Waals surface area contributed by atoms with Crippen molar-refractivity contribution in [2.45, 2.75) is 6.42 Å². The van der Waals surface area contributed by atoms with Crippen LogP contribution in [0.1, 0.15) is 6.42 Å². The molecule has 0 aliphatic carbocycles. The summed E-state index contributed by atoms with van der Waals surface area (Å²) in [6, 6.07) is 0. The molecule has 0 aliphatic rings. The zero-order valence-electron chi connectivity index (χ0n) is 13.2. The van der Waals surface area contributed by atoms with Crippen molar-refractivity contribution in [2.75, 3.05) is 32.5 Å². The van der Waals surface area contributed by atoms with E-state index in [-0.39, 0.29) is 11.2 Å². The first-order valence-corrected chi connectivity index (χ1v) is 6.85. The molecular formula is C13H22N6O2. The predicted octanol–water partition coefficient (Wildman–Crippen LogP) is -0.666. The van der Waals surface area contributed by atoms with Gasteiger partial charge in [-0.2, -0.15) is 4.98 Å². The number of aromatic nitrogens is 4. The van der Waals surface area contributed by atoms with Crippen molar-refractivity contribution in [3.8, 4) is 0 Å². The molecule has 0 saturated carbocycles. The summed E-state index contributed by atoms with van der Waals surface area (Å²) in [6.07, 6.45) is 0.965. The van der Waals surface area contributed by atoms with Gasteiger partial charge in [-0.1, -0.05) is 0 Å². The zero-order valence-corrected chi connectivity index (χ0v) is 13.2. The number of nitrogens with one attached hydrogen (secondary N) is 1. The Morgan fingerprint density at radius 2 is 1.76 bits per heavy atom. The minimum Gasteiger partial charge on any atom is -0.356 e.